The van der Waals surface area contributed by atoms with Crippen molar-refractivity contribution in [2.24, 2.45) is 0 Å². The number of benzene rings is 1. The molecule has 2 aromatic rings. The maximum Gasteiger partial charge on any atom is 0.222 e. The summed E-state index contributed by atoms with van der Waals surface area (Å²) in [5, 5.41) is 2.24. The van der Waals surface area contributed by atoms with Gasteiger partial charge in [-0.25, -0.2) is 13.4 Å². The molecule has 1 aliphatic carbocycles. The Morgan fingerprint density at radius 2 is 1.83 bits per heavy atom. The third-order valence-electron chi connectivity index (χ3n) is 5.40. The topological polar surface area (TPSA) is 53.5 Å². The van der Waals surface area contributed by atoms with E-state index in [4.69, 9.17) is 16.6 Å². The monoisotopic (exact) mass is 449 g/mol. The number of allylic oxidation sites excluding steroid dienone is 3. The Bertz CT molecular complexity index is 1030. The van der Waals surface area contributed by atoms with Crippen LogP contribution >= 0.6 is 22.9 Å². The first-order valence-corrected chi connectivity index (χ1v) is 12.3. The fourth-order valence-corrected chi connectivity index (χ4v) is 6.96. The number of rotatable bonds is 4. The van der Waals surface area contributed by atoms with Gasteiger partial charge in [-0.3, -0.25) is 0 Å². The lowest BCUT2D eigenvalue weighted by Crippen LogP contribution is -2.54. The molecule has 5 nitrogen and oxygen atoms in total. The van der Waals surface area contributed by atoms with Gasteiger partial charge in [0.1, 0.15) is 5.25 Å². The largest absolute Gasteiger partial charge is 0.345 e. The lowest BCUT2D eigenvalue weighted by atomic mass is 10.0. The third kappa shape index (κ3) is 4.14. The van der Waals surface area contributed by atoms with Gasteiger partial charge in [-0.2, -0.15) is 4.31 Å². The summed E-state index contributed by atoms with van der Waals surface area (Å²) in [6.45, 7) is 5.91. The van der Waals surface area contributed by atoms with Crippen LogP contribution in [0.1, 0.15) is 12.5 Å². The zero-order chi connectivity index (χ0) is 20.6. The van der Waals surface area contributed by atoms with Crippen LogP contribution in [-0.4, -0.2) is 54.0 Å². The Balaban J connectivity index is 1.44. The number of nitrogens with zero attached hydrogens (tertiary/aromatic N) is 3. The molecule has 2 heterocycles. The number of thiazole rings is 1. The second-order valence-corrected chi connectivity index (χ2v) is 11.3. The molecule has 0 saturated carbocycles. The van der Waals surface area contributed by atoms with E-state index in [1.165, 1.54) is 5.56 Å². The highest BCUT2D eigenvalue weighted by molar-refractivity contribution is 7.90. The predicted octanol–water partition coefficient (Wildman–Crippen LogP) is 4.06. The Hall–Kier alpha value is -1.67. The number of hydrogen-bond acceptors (Lipinski definition) is 5. The van der Waals surface area contributed by atoms with Crippen molar-refractivity contribution >= 4 is 38.1 Å². The van der Waals surface area contributed by atoms with Crippen LogP contribution in [0.4, 0.5) is 5.13 Å². The van der Waals surface area contributed by atoms with Crippen molar-refractivity contribution in [3.63, 3.8) is 0 Å². The lowest BCUT2D eigenvalue weighted by Gasteiger charge is -2.38. The molecule has 0 amide bonds. The average Bonchev–Trinajstić information content (AvgIpc) is 3.18. The van der Waals surface area contributed by atoms with Crippen LogP contribution in [0.3, 0.4) is 0 Å². The van der Waals surface area contributed by atoms with E-state index in [-0.39, 0.29) is 0 Å². The van der Waals surface area contributed by atoms with Gasteiger partial charge in [0.2, 0.25) is 10.0 Å². The zero-order valence-corrected chi connectivity index (χ0v) is 18.8. The van der Waals surface area contributed by atoms with Crippen LogP contribution in [0.15, 0.2) is 53.9 Å². The first-order chi connectivity index (χ1) is 13.8. The molecule has 1 aromatic carbocycles. The molecule has 29 heavy (non-hydrogen) atoms. The summed E-state index contributed by atoms with van der Waals surface area (Å²) in [4.78, 5) is 6.00. The fourth-order valence-electron chi connectivity index (χ4n) is 3.64. The molecule has 1 fully saturated rings. The van der Waals surface area contributed by atoms with Crippen LogP contribution in [0, 0.1) is 6.92 Å². The summed E-state index contributed by atoms with van der Waals surface area (Å²) >= 11 is 8.07. The van der Waals surface area contributed by atoms with E-state index in [2.05, 4.69) is 41.5 Å². The summed E-state index contributed by atoms with van der Waals surface area (Å²) < 4.78 is 27.8. The summed E-state index contributed by atoms with van der Waals surface area (Å²) in [7, 11) is -3.52. The molecule has 1 saturated heterocycles. The van der Waals surface area contributed by atoms with Gasteiger partial charge in [-0.05, 0) is 13.8 Å². The van der Waals surface area contributed by atoms with Gasteiger partial charge in [-0.1, -0.05) is 54.1 Å². The Labute approximate surface area is 181 Å². The molecular weight excluding hydrogens is 426 g/mol. The van der Waals surface area contributed by atoms with Crippen molar-refractivity contribution in [3.8, 4) is 11.3 Å². The summed E-state index contributed by atoms with van der Waals surface area (Å²) in [6, 6.07) is 8.32. The van der Waals surface area contributed by atoms with E-state index in [1.54, 1.807) is 46.9 Å². The number of aryl methyl sites for hydroxylation is 1. The smallest absolute Gasteiger partial charge is 0.222 e. The Kier molecular flexibility index (Phi) is 5.59. The molecule has 2 aliphatic rings. The predicted molar refractivity (Wildman–Crippen MR) is 121 cm³/mol. The summed E-state index contributed by atoms with van der Waals surface area (Å²) in [5.41, 5.74) is 3.27. The van der Waals surface area contributed by atoms with E-state index in [0.717, 1.165) is 16.4 Å². The Morgan fingerprint density at radius 3 is 2.48 bits per heavy atom. The van der Waals surface area contributed by atoms with E-state index >= 15 is 0 Å². The highest BCUT2D eigenvalue weighted by Crippen LogP contribution is 2.33. The first kappa shape index (κ1) is 20.6. The van der Waals surface area contributed by atoms with E-state index in [1.807, 2.05) is 0 Å². The van der Waals surface area contributed by atoms with Crippen LogP contribution < -0.4 is 4.90 Å². The summed E-state index contributed by atoms with van der Waals surface area (Å²) in [5.74, 6) is 0. The van der Waals surface area contributed by atoms with E-state index in [9.17, 15) is 8.42 Å². The van der Waals surface area contributed by atoms with Crippen molar-refractivity contribution in [3.05, 3.63) is 59.5 Å². The number of aromatic nitrogens is 1. The standard InChI is InChI=1S/C21H24ClN3O2S2/c1-16-6-8-17(9-7-16)18-15-28-20(23-18)24-11-13-25(14-12-24)29(26,27)19-5-3-4-10-21(19,2)22/h3-10,15,19H,11-14H2,1-2H3. The number of halogens is 1. The second-order valence-electron chi connectivity index (χ2n) is 7.63. The van der Waals surface area contributed by atoms with Crippen molar-refractivity contribution in [1.82, 2.24) is 9.29 Å². The molecule has 0 spiro atoms. The quantitative estimate of drug-likeness (QED) is 0.660. The Morgan fingerprint density at radius 1 is 1.14 bits per heavy atom. The van der Waals surface area contributed by atoms with Gasteiger partial charge < -0.3 is 4.90 Å². The molecule has 0 bridgehead atoms. The minimum atomic E-state index is -3.52. The second kappa shape index (κ2) is 7.87. The highest BCUT2D eigenvalue weighted by atomic mass is 35.5. The average molecular weight is 450 g/mol. The van der Waals surface area contributed by atoms with Crippen molar-refractivity contribution in [2.75, 3.05) is 31.1 Å². The first-order valence-electron chi connectivity index (χ1n) is 9.59. The van der Waals surface area contributed by atoms with Crippen molar-refractivity contribution < 1.29 is 8.42 Å². The molecule has 0 radical (unpaired) electrons. The molecule has 8 heteroatoms. The van der Waals surface area contributed by atoms with Crippen LogP contribution in [-0.2, 0) is 10.0 Å². The van der Waals surface area contributed by atoms with Gasteiger partial charge in [0.25, 0.3) is 0 Å². The molecular formula is C21H24ClN3O2S2. The summed E-state index contributed by atoms with van der Waals surface area (Å²) in [6.07, 6.45) is 6.98. The molecule has 1 aromatic heterocycles. The lowest BCUT2D eigenvalue weighted by molar-refractivity contribution is 0.379. The van der Waals surface area contributed by atoms with Crippen LogP contribution in [0.5, 0.6) is 0 Å². The van der Waals surface area contributed by atoms with Gasteiger partial charge >= 0.3 is 0 Å². The third-order valence-corrected chi connectivity index (χ3v) is 9.17. The van der Waals surface area contributed by atoms with E-state index < -0.39 is 20.1 Å². The van der Waals surface area contributed by atoms with Gasteiger partial charge in [-0.15, -0.1) is 22.9 Å². The maximum absolute atomic E-state index is 13.1. The molecule has 0 N–H and O–H groups in total. The van der Waals surface area contributed by atoms with Gasteiger partial charge in [0.05, 0.1) is 10.6 Å². The molecule has 154 valence electrons. The van der Waals surface area contributed by atoms with Gasteiger partial charge in [0.15, 0.2) is 5.13 Å². The number of sulfonamides is 1. The molecule has 4 rings (SSSR count). The zero-order valence-electron chi connectivity index (χ0n) is 16.5. The van der Waals surface area contributed by atoms with E-state index in [0.29, 0.717) is 26.2 Å². The van der Waals surface area contributed by atoms with Crippen molar-refractivity contribution in [1.29, 1.82) is 0 Å². The molecule has 2 unspecified atom stereocenters. The molecule has 1 aliphatic heterocycles. The SMILES string of the molecule is Cc1ccc(-c2csc(N3CCN(S(=O)(=O)C4C=CC=CC4(C)Cl)CC3)n2)cc1. The minimum absolute atomic E-state index is 0.433. The number of piperazine rings is 1. The molecule has 2 atom stereocenters. The van der Waals surface area contributed by atoms with Gasteiger partial charge in [0, 0.05) is 37.1 Å². The number of hydrogen-bond donors (Lipinski definition) is 0. The highest BCUT2D eigenvalue weighted by Gasteiger charge is 2.43. The van der Waals surface area contributed by atoms with Crippen LogP contribution in [0.2, 0.25) is 0 Å². The number of alkyl halides is 1. The minimum Gasteiger partial charge on any atom is -0.345 e. The maximum atomic E-state index is 13.1. The fraction of sp³-hybridized carbons (Fsp3) is 0.381. The number of anilines is 1. The normalized spacial score (nSPS) is 25.5. The van der Waals surface area contributed by atoms with Crippen molar-refractivity contribution in [2.45, 2.75) is 24.0 Å². The van der Waals surface area contributed by atoms with Crippen LogP contribution in [0.25, 0.3) is 11.3 Å².